The Balaban J connectivity index is 2.34. The molecule has 1 N–H and O–H groups in total. The highest BCUT2D eigenvalue weighted by Gasteiger charge is 2.20. The number of anilines is 1. The lowest BCUT2D eigenvalue weighted by atomic mass is 10.1. The SMILES string of the molecule is Cc1ccc(NC=C(C#N)S(=O)(=O)c2ccccc2)c(C)c1. The van der Waals surface area contributed by atoms with Crippen LogP contribution in [-0.4, -0.2) is 8.42 Å². The van der Waals surface area contributed by atoms with Crippen LogP contribution in [-0.2, 0) is 9.84 Å². The van der Waals surface area contributed by atoms with Crippen LogP contribution in [0.25, 0.3) is 0 Å². The lowest BCUT2D eigenvalue weighted by Crippen LogP contribution is -2.05. The zero-order chi connectivity index (χ0) is 16.2. The van der Waals surface area contributed by atoms with E-state index in [1.54, 1.807) is 24.3 Å². The van der Waals surface area contributed by atoms with Gasteiger partial charge in [-0.05, 0) is 37.6 Å². The van der Waals surface area contributed by atoms with E-state index >= 15 is 0 Å². The molecule has 0 amide bonds. The van der Waals surface area contributed by atoms with Gasteiger partial charge in [-0.3, -0.25) is 0 Å². The molecule has 4 nitrogen and oxygen atoms in total. The maximum absolute atomic E-state index is 12.4. The van der Waals surface area contributed by atoms with E-state index in [4.69, 9.17) is 0 Å². The molecular weight excluding hydrogens is 296 g/mol. The normalized spacial score (nSPS) is 11.8. The smallest absolute Gasteiger partial charge is 0.218 e. The van der Waals surface area contributed by atoms with Crippen LogP contribution in [0.1, 0.15) is 11.1 Å². The summed E-state index contributed by atoms with van der Waals surface area (Å²) in [6, 6.07) is 15.4. The van der Waals surface area contributed by atoms with Crippen LogP contribution >= 0.6 is 0 Å². The molecule has 0 unspecified atom stereocenters. The van der Waals surface area contributed by atoms with Crippen molar-refractivity contribution in [3.8, 4) is 6.07 Å². The van der Waals surface area contributed by atoms with Crippen LogP contribution in [0, 0.1) is 25.2 Å². The molecule has 5 heteroatoms. The molecule has 22 heavy (non-hydrogen) atoms. The standard InChI is InChI=1S/C17H16N2O2S/c1-13-8-9-17(14(2)10-13)19-12-16(11-18)22(20,21)15-6-4-3-5-7-15/h3-10,12,19H,1-2H3. The summed E-state index contributed by atoms with van der Waals surface area (Å²) in [7, 11) is -3.80. The van der Waals surface area contributed by atoms with Crippen molar-refractivity contribution in [1.29, 1.82) is 5.26 Å². The molecule has 0 aliphatic heterocycles. The predicted molar refractivity (Wildman–Crippen MR) is 86.9 cm³/mol. The van der Waals surface area contributed by atoms with Gasteiger partial charge >= 0.3 is 0 Å². The third-order valence-corrected chi connectivity index (χ3v) is 4.87. The van der Waals surface area contributed by atoms with Gasteiger partial charge in [0.2, 0.25) is 9.84 Å². The molecule has 0 radical (unpaired) electrons. The molecule has 0 spiro atoms. The second-order valence-electron chi connectivity index (χ2n) is 4.90. The average molecular weight is 312 g/mol. The Morgan fingerprint density at radius 1 is 1.14 bits per heavy atom. The quantitative estimate of drug-likeness (QED) is 0.876. The van der Waals surface area contributed by atoms with Crippen molar-refractivity contribution in [2.24, 2.45) is 0 Å². The Labute approximate surface area is 130 Å². The lowest BCUT2D eigenvalue weighted by molar-refractivity contribution is 0.603. The summed E-state index contributed by atoms with van der Waals surface area (Å²) in [5.74, 6) is 0. The first-order valence-corrected chi connectivity index (χ1v) is 8.17. The second-order valence-corrected chi connectivity index (χ2v) is 6.82. The largest absolute Gasteiger partial charge is 0.360 e. The van der Waals surface area contributed by atoms with Gasteiger partial charge in [0.25, 0.3) is 0 Å². The number of benzene rings is 2. The van der Waals surface area contributed by atoms with E-state index in [1.165, 1.54) is 18.3 Å². The van der Waals surface area contributed by atoms with E-state index in [1.807, 2.05) is 32.0 Å². The Morgan fingerprint density at radius 2 is 1.82 bits per heavy atom. The third kappa shape index (κ3) is 3.35. The molecule has 0 fully saturated rings. The number of allylic oxidation sites excluding steroid dienone is 1. The summed E-state index contributed by atoms with van der Waals surface area (Å²) in [6.07, 6.45) is 1.24. The minimum Gasteiger partial charge on any atom is -0.360 e. The lowest BCUT2D eigenvalue weighted by Gasteiger charge is -2.08. The predicted octanol–water partition coefficient (Wildman–Crippen LogP) is 3.55. The second kappa shape index (κ2) is 6.46. The highest BCUT2D eigenvalue weighted by Crippen LogP contribution is 2.20. The van der Waals surface area contributed by atoms with E-state index < -0.39 is 9.84 Å². The van der Waals surface area contributed by atoms with E-state index in [2.05, 4.69) is 5.32 Å². The van der Waals surface area contributed by atoms with Crippen LogP contribution in [0.15, 0.2) is 64.5 Å². The van der Waals surface area contributed by atoms with Gasteiger partial charge < -0.3 is 5.32 Å². The number of sulfone groups is 1. The molecule has 0 heterocycles. The van der Waals surface area contributed by atoms with Gasteiger partial charge in [0, 0.05) is 11.9 Å². The number of hydrogen-bond donors (Lipinski definition) is 1. The Hall–Kier alpha value is -2.58. The topological polar surface area (TPSA) is 70.0 Å². The Kier molecular flexibility index (Phi) is 4.64. The van der Waals surface area contributed by atoms with Crippen molar-refractivity contribution >= 4 is 15.5 Å². The maximum Gasteiger partial charge on any atom is 0.218 e. The Morgan fingerprint density at radius 3 is 2.41 bits per heavy atom. The van der Waals surface area contributed by atoms with E-state index in [9.17, 15) is 13.7 Å². The molecule has 0 aliphatic carbocycles. The summed E-state index contributed by atoms with van der Waals surface area (Å²) in [5.41, 5.74) is 2.86. The molecule has 0 atom stereocenters. The molecule has 0 aromatic heterocycles. The van der Waals surface area contributed by atoms with Crippen LogP contribution in [0.4, 0.5) is 5.69 Å². The van der Waals surface area contributed by atoms with Crippen molar-refractivity contribution in [2.45, 2.75) is 18.7 Å². The van der Waals surface area contributed by atoms with E-state index in [0.717, 1.165) is 16.8 Å². The van der Waals surface area contributed by atoms with Crippen molar-refractivity contribution in [2.75, 3.05) is 5.32 Å². The minimum atomic E-state index is -3.80. The first-order valence-electron chi connectivity index (χ1n) is 6.69. The molecule has 2 aromatic carbocycles. The first kappa shape index (κ1) is 15.8. The maximum atomic E-state index is 12.4. The molecule has 2 rings (SSSR count). The molecule has 2 aromatic rings. The van der Waals surface area contributed by atoms with Gasteiger partial charge in [-0.15, -0.1) is 0 Å². The van der Waals surface area contributed by atoms with Gasteiger partial charge in [-0.25, -0.2) is 8.42 Å². The van der Waals surface area contributed by atoms with Gasteiger partial charge in [-0.1, -0.05) is 35.9 Å². The highest BCUT2D eigenvalue weighted by molar-refractivity contribution is 7.95. The molecule has 112 valence electrons. The average Bonchev–Trinajstić information content (AvgIpc) is 2.50. The van der Waals surface area contributed by atoms with Crippen molar-refractivity contribution < 1.29 is 8.42 Å². The number of hydrogen-bond acceptors (Lipinski definition) is 4. The molecule has 0 aliphatic rings. The summed E-state index contributed by atoms with van der Waals surface area (Å²) in [5, 5.41) is 12.1. The summed E-state index contributed by atoms with van der Waals surface area (Å²) in [4.78, 5) is -0.219. The van der Waals surface area contributed by atoms with Crippen molar-refractivity contribution in [3.63, 3.8) is 0 Å². The van der Waals surface area contributed by atoms with Gasteiger partial charge in [0.05, 0.1) is 4.90 Å². The number of nitrogens with zero attached hydrogens (tertiary/aromatic N) is 1. The van der Waals surface area contributed by atoms with Crippen LogP contribution in [0.2, 0.25) is 0 Å². The monoisotopic (exact) mass is 312 g/mol. The van der Waals surface area contributed by atoms with E-state index in [0.29, 0.717) is 0 Å². The van der Waals surface area contributed by atoms with Gasteiger partial charge in [0.15, 0.2) is 4.91 Å². The molecule has 0 bridgehead atoms. The van der Waals surface area contributed by atoms with Crippen molar-refractivity contribution in [1.82, 2.24) is 0 Å². The van der Waals surface area contributed by atoms with Crippen LogP contribution in [0.3, 0.4) is 0 Å². The fraction of sp³-hybridized carbons (Fsp3) is 0.118. The summed E-state index contributed by atoms with van der Waals surface area (Å²) in [6.45, 7) is 3.90. The van der Waals surface area contributed by atoms with E-state index in [-0.39, 0.29) is 9.80 Å². The Bertz CT molecular complexity index is 848. The number of nitriles is 1. The first-order chi connectivity index (χ1) is 10.4. The van der Waals surface area contributed by atoms with Gasteiger partial charge in [0.1, 0.15) is 6.07 Å². The number of aryl methyl sites for hydroxylation is 2. The molecule has 0 saturated carbocycles. The zero-order valence-corrected chi connectivity index (χ0v) is 13.2. The van der Waals surface area contributed by atoms with Crippen LogP contribution in [0.5, 0.6) is 0 Å². The summed E-state index contributed by atoms with van der Waals surface area (Å²) >= 11 is 0. The highest BCUT2D eigenvalue weighted by atomic mass is 32.2. The number of rotatable bonds is 4. The van der Waals surface area contributed by atoms with Gasteiger partial charge in [-0.2, -0.15) is 5.26 Å². The minimum absolute atomic E-state index is 0.102. The number of nitrogens with one attached hydrogen (secondary N) is 1. The van der Waals surface area contributed by atoms with Crippen LogP contribution < -0.4 is 5.32 Å². The third-order valence-electron chi connectivity index (χ3n) is 3.19. The van der Waals surface area contributed by atoms with Crippen molar-refractivity contribution in [3.05, 3.63) is 70.8 Å². The zero-order valence-electron chi connectivity index (χ0n) is 12.4. The fourth-order valence-corrected chi connectivity index (χ4v) is 3.12. The molecular formula is C17H16N2O2S. The fourth-order valence-electron chi connectivity index (χ4n) is 2.02. The summed E-state index contributed by atoms with van der Waals surface area (Å²) < 4.78 is 24.8. The molecule has 0 saturated heterocycles.